The summed E-state index contributed by atoms with van der Waals surface area (Å²) in [7, 11) is 0. The first-order valence-corrected chi connectivity index (χ1v) is 20.7. The SMILES string of the molecule is Cc1ncc(NC(=O)c2cccc(C(F)(F)F)c2)cc1-c1cnc(OCCOCCN2CCN(c3ccc4c(c3)C(=O)N(C3CCC(=O)NC3=O)C4=O)CC2)c(N2CCOCC2)c1. The zero-order valence-electron chi connectivity index (χ0n) is 34.4. The molecule has 0 bridgehead atoms. The number of imide groups is 2. The van der Waals surface area contributed by atoms with Crippen LogP contribution in [0.4, 0.5) is 30.2 Å². The van der Waals surface area contributed by atoms with Crippen LogP contribution >= 0.6 is 0 Å². The van der Waals surface area contributed by atoms with E-state index < -0.39 is 47.3 Å². The van der Waals surface area contributed by atoms with E-state index in [1.54, 1.807) is 24.4 Å². The van der Waals surface area contributed by atoms with Gasteiger partial charge in [-0.3, -0.25) is 44.1 Å². The Morgan fingerprint density at radius 3 is 2.40 bits per heavy atom. The summed E-state index contributed by atoms with van der Waals surface area (Å²) in [6, 6.07) is 12.0. The van der Waals surface area contributed by atoms with Crippen LogP contribution in [0, 0.1) is 6.92 Å². The number of hydrogen-bond donors (Lipinski definition) is 2. The number of amides is 5. The molecule has 4 aliphatic heterocycles. The second kappa shape index (κ2) is 18.5. The molecule has 330 valence electrons. The summed E-state index contributed by atoms with van der Waals surface area (Å²) in [5.41, 5.74) is 3.35. The van der Waals surface area contributed by atoms with E-state index in [2.05, 4.69) is 35.3 Å². The molecule has 3 saturated heterocycles. The van der Waals surface area contributed by atoms with Gasteiger partial charge in [0.15, 0.2) is 0 Å². The molecule has 16 nitrogen and oxygen atoms in total. The number of alkyl halides is 3. The molecular formula is C44H45F3N8O8. The van der Waals surface area contributed by atoms with Crippen molar-refractivity contribution in [3.8, 4) is 17.0 Å². The maximum Gasteiger partial charge on any atom is 0.416 e. The Labute approximate surface area is 360 Å². The molecule has 0 saturated carbocycles. The predicted molar refractivity (Wildman–Crippen MR) is 223 cm³/mol. The van der Waals surface area contributed by atoms with E-state index in [-0.39, 0.29) is 36.1 Å². The Morgan fingerprint density at radius 2 is 1.63 bits per heavy atom. The first-order chi connectivity index (χ1) is 30.3. The van der Waals surface area contributed by atoms with Crippen molar-refractivity contribution in [3.63, 3.8) is 0 Å². The summed E-state index contributed by atoms with van der Waals surface area (Å²) in [6.07, 6.45) is -1.32. The van der Waals surface area contributed by atoms with Gasteiger partial charge in [0.1, 0.15) is 18.3 Å². The van der Waals surface area contributed by atoms with Crippen LogP contribution in [0.15, 0.2) is 67.0 Å². The number of carbonyl (C=O) groups excluding carboxylic acids is 5. The molecule has 3 fully saturated rings. The van der Waals surface area contributed by atoms with Gasteiger partial charge in [-0.1, -0.05) is 6.07 Å². The number of benzene rings is 2. The number of morpholine rings is 1. The quantitative estimate of drug-likeness (QED) is 0.145. The van der Waals surface area contributed by atoms with E-state index in [1.165, 1.54) is 18.3 Å². The Kier molecular flexibility index (Phi) is 12.7. The lowest BCUT2D eigenvalue weighted by atomic mass is 10.0. The van der Waals surface area contributed by atoms with E-state index in [0.717, 1.165) is 41.5 Å². The van der Waals surface area contributed by atoms with Gasteiger partial charge in [0, 0.05) is 86.5 Å². The molecule has 4 aromatic rings. The molecule has 4 aliphatic rings. The number of aromatic nitrogens is 2. The number of fused-ring (bicyclic) bond motifs is 1. The predicted octanol–water partition coefficient (Wildman–Crippen LogP) is 4.18. The van der Waals surface area contributed by atoms with Gasteiger partial charge >= 0.3 is 6.18 Å². The maximum absolute atomic E-state index is 13.3. The number of rotatable bonds is 13. The fraction of sp³-hybridized carbons (Fsp3) is 0.386. The lowest BCUT2D eigenvalue weighted by Gasteiger charge is -2.36. The Morgan fingerprint density at radius 1 is 0.857 bits per heavy atom. The van der Waals surface area contributed by atoms with Gasteiger partial charge in [-0.25, -0.2) is 4.98 Å². The minimum absolute atomic E-state index is 0.0616. The van der Waals surface area contributed by atoms with Crippen molar-refractivity contribution in [2.24, 2.45) is 0 Å². The lowest BCUT2D eigenvalue weighted by Crippen LogP contribution is -2.54. The highest BCUT2D eigenvalue weighted by atomic mass is 19.4. The number of nitrogens with zero attached hydrogens (tertiary/aromatic N) is 6. The van der Waals surface area contributed by atoms with Crippen LogP contribution in [-0.4, -0.2) is 134 Å². The van der Waals surface area contributed by atoms with Gasteiger partial charge in [0.2, 0.25) is 17.7 Å². The highest BCUT2D eigenvalue weighted by Gasteiger charge is 2.45. The number of anilines is 3. The fourth-order valence-corrected chi connectivity index (χ4v) is 8.04. The average molecular weight is 871 g/mol. The normalized spacial score (nSPS) is 18.4. The molecule has 5 amide bonds. The van der Waals surface area contributed by atoms with Crippen molar-refractivity contribution < 1.29 is 51.4 Å². The van der Waals surface area contributed by atoms with Crippen LogP contribution < -0.4 is 25.2 Å². The van der Waals surface area contributed by atoms with Crippen LogP contribution in [0.1, 0.15) is 55.2 Å². The molecule has 0 aliphatic carbocycles. The van der Waals surface area contributed by atoms with Gasteiger partial charge in [-0.05, 0) is 61.9 Å². The molecule has 1 atom stereocenters. The number of ether oxygens (including phenoxy) is 3. The summed E-state index contributed by atoms with van der Waals surface area (Å²) in [4.78, 5) is 80.0. The topological polar surface area (TPSA) is 176 Å². The summed E-state index contributed by atoms with van der Waals surface area (Å²) >= 11 is 0. The third-order valence-corrected chi connectivity index (χ3v) is 11.5. The van der Waals surface area contributed by atoms with Crippen molar-refractivity contribution in [1.82, 2.24) is 25.1 Å². The van der Waals surface area contributed by atoms with Crippen LogP contribution in [0.3, 0.4) is 0 Å². The third kappa shape index (κ3) is 9.64. The third-order valence-electron chi connectivity index (χ3n) is 11.5. The van der Waals surface area contributed by atoms with Gasteiger partial charge in [-0.15, -0.1) is 0 Å². The molecule has 0 spiro atoms. The molecule has 6 heterocycles. The molecule has 0 radical (unpaired) electrons. The summed E-state index contributed by atoms with van der Waals surface area (Å²) in [5.74, 6) is -2.40. The number of nitrogens with one attached hydrogen (secondary N) is 2. The minimum atomic E-state index is -4.58. The molecule has 2 aromatic heterocycles. The van der Waals surface area contributed by atoms with Crippen molar-refractivity contribution in [2.45, 2.75) is 32.0 Å². The Hall–Kier alpha value is -6.44. The van der Waals surface area contributed by atoms with Crippen LogP contribution in [0.5, 0.6) is 5.88 Å². The van der Waals surface area contributed by atoms with Crippen molar-refractivity contribution in [2.75, 3.05) is 94.0 Å². The number of carbonyl (C=O) groups is 5. The van der Waals surface area contributed by atoms with E-state index in [0.29, 0.717) is 87.5 Å². The van der Waals surface area contributed by atoms with E-state index in [1.807, 2.05) is 19.1 Å². The van der Waals surface area contributed by atoms with Gasteiger partial charge in [-0.2, -0.15) is 13.2 Å². The van der Waals surface area contributed by atoms with E-state index >= 15 is 0 Å². The van der Waals surface area contributed by atoms with E-state index in [9.17, 15) is 37.1 Å². The average Bonchev–Trinajstić information content (AvgIpc) is 3.53. The number of halogens is 3. The largest absolute Gasteiger partial charge is 0.474 e. The van der Waals surface area contributed by atoms with Crippen LogP contribution in [0.25, 0.3) is 11.1 Å². The molecule has 63 heavy (non-hydrogen) atoms. The van der Waals surface area contributed by atoms with Crippen molar-refractivity contribution >= 4 is 46.6 Å². The Balaban J connectivity index is 0.826. The zero-order chi connectivity index (χ0) is 44.3. The monoisotopic (exact) mass is 870 g/mol. The molecule has 2 N–H and O–H groups in total. The zero-order valence-corrected chi connectivity index (χ0v) is 34.4. The lowest BCUT2D eigenvalue weighted by molar-refractivity contribution is -0.138. The Bertz CT molecular complexity index is 2420. The van der Waals surface area contributed by atoms with Gasteiger partial charge in [0.05, 0.1) is 55.0 Å². The van der Waals surface area contributed by atoms with Crippen LogP contribution in [-0.2, 0) is 25.2 Å². The second-order valence-corrected chi connectivity index (χ2v) is 15.5. The number of aryl methyl sites for hydroxylation is 1. The molecule has 2 aromatic carbocycles. The van der Waals surface area contributed by atoms with Gasteiger partial charge < -0.3 is 29.3 Å². The van der Waals surface area contributed by atoms with Crippen molar-refractivity contribution in [1.29, 1.82) is 0 Å². The highest BCUT2D eigenvalue weighted by molar-refractivity contribution is 6.23. The van der Waals surface area contributed by atoms with Crippen molar-refractivity contribution in [3.05, 3.63) is 94.9 Å². The number of piperazine rings is 1. The first kappa shape index (κ1) is 43.2. The highest BCUT2D eigenvalue weighted by Crippen LogP contribution is 2.35. The fourth-order valence-electron chi connectivity index (χ4n) is 8.04. The molecule has 8 rings (SSSR count). The molecule has 19 heteroatoms. The first-order valence-electron chi connectivity index (χ1n) is 20.7. The number of piperidine rings is 1. The maximum atomic E-state index is 13.3. The smallest absolute Gasteiger partial charge is 0.416 e. The number of hydrogen-bond acceptors (Lipinski definition) is 13. The van der Waals surface area contributed by atoms with E-state index in [4.69, 9.17) is 14.2 Å². The summed E-state index contributed by atoms with van der Waals surface area (Å²) in [6.45, 7) is 8.74. The standard InChI is InChI=1S/C44H45F3N8O8/c1-27-34(23-31(26-48-27)50-39(57)28-3-2-4-30(21-28)44(45,46)47)29-22-37(54-14-17-61-18-15-54)41(49-25-29)63-20-19-62-16-13-52-9-11-53(12-10-52)32-5-6-33-35(24-32)43(60)55(42(33)59)36-7-8-38(56)51-40(36)58/h2-6,21-26,36H,7-20H2,1H3,(H,50,57)(H,51,56,58). The summed E-state index contributed by atoms with van der Waals surface area (Å²) < 4.78 is 57.5. The number of pyridine rings is 2. The summed E-state index contributed by atoms with van der Waals surface area (Å²) in [5, 5.41) is 4.88. The van der Waals surface area contributed by atoms with Gasteiger partial charge in [0.25, 0.3) is 17.7 Å². The molecular weight excluding hydrogens is 826 g/mol. The minimum Gasteiger partial charge on any atom is -0.474 e. The second-order valence-electron chi connectivity index (χ2n) is 15.5. The van der Waals surface area contributed by atoms with Crippen LogP contribution in [0.2, 0.25) is 0 Å². The molecule has 1 unspecified atom stereocenters.